The van der Waals surface area contributed by atoms with Gasteiger partial charge >= 0.3 is 0 Å². The van der Waals surface area contributed by atoms with E-state index in [1.807, 2.05) is 18.2 Å². The van der Waals surface area contributed by atoms with Gasteiger partial charge in [-0.25, -0.2) is 0 Å². The first kappa shape index (κ1) is 32.8. The molecule has 7 heteroatoms. The standard InChI is InChI=1S/3C10H10O2.Cr/c3*1-8(11)7-10(12)9-5-3-2-4-6-9;/h3*2-7,11H,1H3;/b2*8-7+;8-7-;. The molecule has 0 unspecified atom stereocenters. The van der Waals surface area contributed by atoms with Crippen molar-refractivity contribution in [3.8, 4) is 0 Å². The smallest absolute Gasteiger partial charge is 0.189 e. The SMILES string of the molecule is C/C(O)=C/C(=O)c1ccccc1.C/C(O)=C\C(=O)c1ccccc1.C/C(O)=C\C(=O)c1ccccc1.[Cr]. The monoisotopic (exact) mass is 538 g/mol. The van der Waals surface area contributed by atoms with Gasteiger partial charge in [-0.2, -0.15) is 0 Å². The molecular weight excluding hydrogens is 508 g/mol. The molecule has 0 aliphatic rings. The van der Waals surface area contributed by atoms with Crippen LogP contribution in [0.25, 0.3) is 0 Å². The van der Waals surface area contributed by atoms with Crippen molar-refractivity contribution in [2.45, 2.75) is 20.8 Å². The number of ketones is 3. The molecular formula is C30H30CrO6. The molecule has 0 saturated heterocycles. The van der Waals surface area contributed by atoms with Gasteiger partial charge < -0.3 is 15.3 Å². The Bertz CT molecular complexity index is 1050. The predicted octanol–water partition coefficient (Wildman–Crippen LogP) is 6.99. The Labute approximate surface area is 228 Å². The van der Waals surface area contributed by atoms with Gasteiger partial charge in [0.15, 0.2) is 17.3 Å². The molecule has 0 fully saturated rings. The Balaban J connectivity index is 0.000000518. The van der Waals surface area contributed by atoms with Crippen LogP contribution in [0, 0.1) is 0 Å². The molecule has 0 aliphatic heterocycles. The summed E-state index contributed by atoms with van der Waals surface area (Å²) in [6.07, 6.45) is 3.61. The number of hydrogen-bond acceptors (Lipinski definition) is 6. The molecule has 6 nitrogen and oxygen atoms in total. The fourth-order valence-corrected chi connectivity index (χ4v) is 2.63. The van der Waals surface area contributed by atoms with Gasteiger partial charge in [0.2, 0.25) is 0 Å². The van der Waals surface area contributed by atoms with E-state index in [9.17, 15) is 14.4 Å². The molecule has 0 amide bonds. The van der Waals surface area contributed by atoms with Crippen LogP contribution < -0.4 is 0 Å². The van der Waals surface area contributed by atoms with E-state index in [1.165, 1.54) is 39.0 Å². The summed E-state index contributed by atoms with van der Waals surface area (Å²) in [6, 6.07) is 26.5. The number of aliphatic hydroxyl groups is 3. The summed E-state index contributed by atoms with van der Waals surface area (Å²) in [5.74, 6) is -0.418. The van der Waals surface area contributed by atoms with Crippen LogP contribution in [-0.2, 0) is 17.4 Å². The molecule has 0 heterocycles. The van der Waals surface area contributed by atoms with Gasteiger partial charge in [0.25, 0.3) is 0 Å². The van der Waals surface area contributed by atoms with Crippen molar-refractivity contribution in [3.63, 3.8) is 0 Å². The number of benzene rings is 3. The normalized spacial score (nSPS) is 10.9. The average molecular weight is 539 g/mol. The van der Waals surface area contributed by atoms with Crippen molar-refractivity contribution < 1.29 is 47.1 Å². The maximum atomic E-state index is 11.2. The van der Waals surface area contributed by atoms with Crippen LogP contribution in [0.1, 0.15) is 51.8 Å². The Kier molecular flexibility index (Phi) is 16.1. The van der Waals surface area contributed by atoms with Crippen LogP contribution in [-0.4, -0.2) is 32.7 Å². The Morgan fingerprint density at radius 2 is 0.649 bits per heavy atom. The topological polar surface area (TPSA) is 112 Å². The molecule has 0 radical (unpaired) electrons. The zero-order valence-corrected chi connectivity index (χ0v) is 22.1. The average Bonchev–Trinajstić information content (AvgIpc) is 2.85. The molecule has 0 atom stereocenters. The number of allylic oxidation sites excluding steroid dienone is 6. The molecule has 3 aromatic carbocycles. The van der Waals surface area contributed by atoms with Crippen molar-refractivity contribution in [1.82, 2.24) is 0 Å². The third-order valence-corrected chi connectivity index (χ3v) is 4.19. The van der Waals surface area contributed by atoms with Crippen molar-refractivity contribution >= 4 is 17.3 Å². The molecule has 0 bridgehead atoms. The molecule has 37 heavy (non-hydrogen) atoms. The van der Waals surface area contributed by atoms with Crippen LogP contribution in [0.15, 0.2) is 127 Å². The van der Waals surface area contributed by atoms with Crippen molar-refractivity contribution in [1.29, 1.82) is 0 Å². The van der Waals surface area contributed by atoms with Gasteiger partial charge in [-0.3, -0.25) is 14.4 Å². The summed E-state index contributed by atoms with van der Waals surface area (Å²) in [5, 5.41) is 26.5. The van der Waals surface area contributed by atoms with Crippen LogP contribution in [0.3, 0.4) is 0 Å². The molecule has 192 valence electrons. The third kappa shape index (κ3) is 14.7. The second kappa shape index (κ2) is 18.1. The molecule has 3 rings (SSSR count). The first-order valence-corrected chi connectivity index (χ1v) is 11.0. The molecule has 3 N–H and O–H groups in total. The Hall–Kier alpha value is -4.18. The van der Waals surface area contributed by atoms with E-state index in [-0.39, 0.29) is 52.0 Å². The number of hydrogen-bond donors (Lipinski definition) is 3. The maximum absolute atomic E-state index is 11.2. The maximum Gasteiger partial charge on any atom is 0.189 e. The van der Waals surface area contributed by atoms with E-state index in [0.717, 1.165) is 0 Å². The Morgan fingerprint density at radius 3 is 0.811 bits per heavy atom. The van der Waals surface area contributed by atoms with Crippen LogP contribution in [0.2, 0.25) is 0 Å². The third-order valence-electron chi connectivity index (χ3n) is 4.19. The van der Waals surface area contributed by atoms with Gasteiger partial charge in [0, 0.05) is 52.3 Å². The van der Waals surface area contributed by atoms with Gasteiger partial charge in [0.1, 0.15) is 0 Å². The van der Waals surface area contributed by atoms with Gasteiger partial charge in [-0.05, 0) is 20.8 Å². The predicted molar refractivity (Wildman–Crippen MR) is 141 cm³/mol. The minimum absolute atomic E-state index is 0. The fraction of sp³-hybridized carbons (Fsp3) is 0.100. The van der Waals surface area contributed by atoms with E-state index in [0.29, 0.717) is 16.7 Å². The first-order chi connectivity index (χ1) is 17.1. The minimum Gasteiger partial charge on any atom is -0.512 e. The molecule has 0 aromatic heterocycles. The zero-order chi connectivity index (χ0) is 26.9. The molecule has 0 spiro atoms. The van der Waals surface area contributed by atoms with Crippen molar-refractivity contribution in [2.24, 2.45) is 0 Å². The Morgan fingerprint density at radius 1 is 0.459 bits per heavy atom. The van der Waals surface area contributed by atoms with Crippen LogP contribution in [0.5, 0.6) is 0 Å². The van der Waals surface area contributed by atoms with E-state index in [1.54, 1.807) is 72.8 Å². The first-order valence-electron chi connectivity index (χ1n) is 11.0. The van der Waals surface area contributed by atoms with Gasteiger partial charge in [-0.15, -0.1) is 0 Å². The quantitative estimate of drug-likeness (QED) is 0.177. The number of aliphatic hydroxyl groups excluding tert-OH is 3. The number of rotatable bonds is 6. The number of carbonyl (C=O) groups excluding carboxylic acids is 3. The van der Waals surface area contributed by atoms with E-state index in [4.69, 9.17) is 15.3 Å². The van der Waals surface area contributed by atoms with Crippen LogP contribution in [0.4, 0.5) is 0 Å². The van der Waals surface area contributed by atoms with E-state index < -0.39 is 0 Å². The zero-order valence-electron chi connectivity index (χ0n) is 20.9. The summed E-state index contributed by atoms with van der Waals surface area (Å²) in [6.45, 7) is 4.42. The largest absolute Gasteiger partial charge is 0.512 e. The summed E-state index contributed by atoms with van der Waals surface area (Å²) in [7, 11) is 0. The molecule has 0 aliphatic carbocycles. The van der Waals surface area contributed by atoms with E-state index >= 15 is 0 Å². The second-order valence-corrected chi connectivity index (χ2v) is 7.55. The molecule has 3 aromatic rings. The second-order valence-electron chi connectivity index (χ2n) is 7.55. The fourth-order valence-electron chi connectivity index (χ4n) is 2.63. The van der Waals surface area contributed by atoms with Crippen molar-refractivity contribution in [3.05, 3.63) is 143 Å². The summed E-state index contributed by atoms with van der Waals surface area (Å²) in [4.78, 5) is 33.7. The van der Waals surface area contributed by atoms with Gasteiger partial charge in [0.05, 0.1) is 17.3 Å². The molecule has 0 saturated carbocycles. The van der Waals surface area contributed by atoms with Gasteiger partial charge in [-0.1, -0.05) is 91.0 Å². The minimum atomic E-state index is -0.171. The summed E-state index contributed by atoms with van der Waals surface area (Å²) >= 11 is 0. The number of carbonyl (C=O) groups is 3. The summed E-state index contributed by atoms with van der Waals surface area (Å²) < 4.78 is 0. The van der Waals surface area contributed by atoms with Crippen LogP contribution >= 0.6 is 0 Å². The van der Waals surface area contributed by atoms with Crippen molar-refractivity contribution in [2.75, 3.05) is 0 Å². The van der Waals surface area contributed by atoms with E-state index in [2.05, 4.69) is 0 Å². The summed E-state index contributed by atoms with van der Waals surface area (Å²) in [5.41, 5.74) is 1.77.